The van der Waals surface area contributed by atoms with Crippen LogP contribution in [0, 0.1) is 0 Å². The lowest BCUT2D eigenvalue weighted by molar-refractivity contribution is 0.00340. The molecule has 0 spiro atoms. The quantitative estimate of drug-likeness (QED) is 0.633. The predicted octanol–water partition coefficient (Wildman–Crippen LogP) is -1.04. The van der Waals surface area contributed by atoms with Gasteiger partial charge in [0.05, 0.1) is 25.0 Å². The SMILES string of the molecule is NC(=O)c1ccc(N)c(N2CCOC(CO)C2)n1. The number of anilines is 2. The van der Waals surface area contributed by atoms with E-state index in [9.17, 15) is 4.79 Å². The summed E-state index contributed by atoms with van der Waals surface area (Å²) in [4.78, 5) is 17.1. The molecule has 1 saturated heterocycles. The van der Waals surface area contributed by atoms with Gasteiger partial charge in [-0.2, -0.15) is 0 Å². The van der Waals surface area contributed by atoms with E-state index in [1.165, 1.54) is 6.07 Å². The van der Waals surface area contributed by atoms with Crippen LogP contribution >= 0.6 is 0 Å². The molecule has 18 heavy (non-hydrogen) atoms. The summed E-state index contributed by atoms with van der Waals surface area (Å²) < 4.78 is 5.34. The molecule has 1 aliphatic rings. The van der Waals surface area contributed by atoms with Crippen molar-refractivity contribution in [1.82, 2.24) is 4.98 Å². The fraction of sp³-hybridized carbons (Fsp3) is 0.455. The summed E-state index contributed by atoms with van der Waals surface area (Å²) in [6.45, 7) is 1.50. The van der Waals surface area contributed by atoms with Gasteiger partial charge in [0.2, 0.25) is 0 Å². The van der Waals surface area contributed by atoms with Crippen LogP contribution in [0.1, 0.15) is 10.5 Å². The minimum atomic E-state index is -0.594. The van der Waals surface area contributed by atoms with Crippen LogP contribution in [0.15, 0.2) is 12.1 Å². The molecule has 0 aliphatic carbocycles. The lowest BCUT2D eigenvalue weighted by Crippen LogP contribution is -2.44. The molecule has 1 aliphatic heterocycles. The van der Waals surface area contributed by atoms with Crippen molar-refractivity contribution in [1.29, 1.82) is 0 Å². The van der Waals surface area contributed by atoms with E-state index in [-0.39, 0.29) is 18.4 Å². The zero-order chi connectivity index (χ0) is 13.1. The number of nitrogen functional groups attached to an aromatic ring is 1. The number of nitrogens with zero attached hydrogens (tertiary/aromatic N) is 2. The summed E-state index contributed by atoms with van der Waals surface area (Å²) >= 11 is 0. The van der Waals surface area contributed by atoms with E-state index in [4.69, 9.17) is 21.3 Å². The second-order valence-electron chi connectivity index (χ2n) is 4.09. The number of ether oxygens (including phenoxy) is 1. The summed E-state index contributed by atoms with van der Waals surface area (Å²) in [7, 11) is 0. The van der Waals surface area contributed by atoms with E-state index in [1.54, 1.807) is 6.07 Å². The summed E-state index contributed by atoms with van der Waals surface area (Å²) in [5, 5.41) is 9.09. The number of pyridine rings is 1. The van der Waals surface area contributed by atoms with Crippen LogP contribution in [0.3, 0.4) is 0 Å². The molecule has 1 atom stereocenters. The highest BCUT2D eigenvalue weighted by Gasteiger charge is 2.22. The number of aliphatic hydroxyl groups excluding tert-OH is 1. The first-order chi connectivity index (χ1) is 8.61. The second-order valence-corrected chi connectivity index (χ2v) is 4.09. The Morgan fingerprint density at radius 3 is 3.06 bits per heavy atom. The fourth-order valence-corrected chi connectivity index (χ4v) is 1.87. The zero-order valence-electron chi connectivity index (χ0n) is 9.87. The maximum absolute atomic E-state index is 11.1. The highest BCUT2D eigenvalue weighted by Crippen LogP contribution is 2.22. The summed E-state index contributed by atoms with van der Waals surface area (Å²) in [5.41, 5.74) is 11.7. The Morgan fingerprint density at radius 1 is 1.61 bits per heavy atom. The Hall–Kier alpha value is -1.86. The Balaban J connectivity index is 2.26. The van der Waals surface area contributed by atoms with Crippen molar-refractivity contribution < 1.29 is 14.6 Å². The van der Waals surface area contributed by atoms with Gasteiger partial charge in [0, 0.05) is 13.1 Å². The van der Waals surface area contributed by atoms with Gasteiger partial charge in [-0.05, 0) is 12.1 Å². The minimum Gasteiger partial charge on any atom is -0.396 e. The van der Waals surface area contributed by atoms with Crippen molar-refractivity contribution in [2.24, 2.45) is 5.73 Å². The molecule has 0 aromatic carbocycles. The van der Waals surface area contributed by atoms with Gasteiger partial charge in [0.1, 0.15) is 5.69 Å². The van der Waals surface area contributed by atoms with Gasteiger partial charge in [0.15, 0.2) is 5.82 Å². The Bertz CT molecular complexity index is 452. The van der Waals surface area contributed by atoms with Crippen molar-refractivity contribution in [3.63, 3.8) is 0 Å². The standard InChI is InChI=1S/C11H16N4O3/c12-8-1-2-9(10(13)17)14-11(8)15-3-4-18-7(5-15)6-16/h1-2,7,16H,3-6,12H2,(H2,13,17). The number of hydrogen-bond donors (Lipinski definition) is 3. The van der Waals surface area contributed by atoms with Crippen molar-refractivity contribution in [2.75, 3.05) is 36.9 Å². The third-order valence-electron chi connectivity index (χ3n) is 2.80. The molecule has 5 N–H and O–H groups in total. The predicted molar refractivity (Wildman–Crippen MR) is 66.2 cm³/mol. The molecule has 1 unspecified atom stereocenters. The van der Waals surface area contributed by atoms with E-state index in [2.05, 4.69) is 4.98 Å². The van der Waals surface area contributed by atoms with Crippen molar-refractivity contribution in [3.05, 3.63) is 17.8 Å². The van der Waals surface area contributed by atoms with Crippen molar-refractivity contribution in [3.8, 4) is 0 Å². The van der Waals surface area contributed by atoms with Crippen LogP contribution in [0.2, 0.25) is 0 Å². The third-order valence-corrected chi connectivity index (χ3v) is 2.80. The average molecular weight is 252 g/mol. The van der Waals surface area contributed by atoms with Crippen LogP contribution in [0.5, 0.6) is 0 Å². The lowest BCUT2D eigenvalue weighted by Gasteiger charge is -2.33. The Kier molecular flexibility index (Phi) is 3.63. The number of aromatic nitrogens is 1. The largest absolute Gasteiger partial charge is 0.396 e. The monoisotopic (exact) mass is 252 g/mol. The van der Waals surface area contributed by atoms with E-state index in [0.717, 1.165) is 0 Å². The molecule has 1 fully saturated rings. The Labute approximate surface area is 104 Å². The molecule has 7 nitrogen and oxygen atoms in total. The topological polar surface area (TPSA) is 115 Å². The van der Waals surface area contributed by atoms with Crippen molar-refractivity contribution in [2.45, 2.75) is 6.10 Å². The molecule has 2 rings (SSSR count). The smallest absolute Gasteiger partial charge is 0.267 e. The number of aliphatic hydroxyl groups is 1. The molecule has 2 heterocycles. The van der Waals surface area contributed by atoms with Gasteiger partial charge < -0.3 is 26.2 Å². The van der Waals surface area contributed by atoms with Crippen LogP contribution in [0.4, 0.5) is 11.5 Å². The van der Waals surface area contributed by atoms with Gasteiger partial charge >= 0.3 is 0 Å². The molecule has 0 bridgehead atoms. The van der Waals surface area contributed by atoms with Gasteiger partial charge in [-0.15, -0.1) is 0 Å². The van der Waals surface area contributed by atoms with Crippen LogP contribution < -0.4 is 16.4 Å². The number of hydrogen-bond acceptors (Lipinski definition) is 6. The highest BCUT2D eigenvalue weighted by molar-refractivity contribution is 5.91. The fourth-order valence-electron chi connectivity index (χ4n) is 1.87. The van der Waals surface area contributed by atoms with Gasteiger partial charge in [0.25, 0.3) is 5.91 Å². The lowest BCUT2D eigenvalue weighted by atomic mass is 10.2. The molecule has 0 saturated carbocycles. The van der Waals surface area contributed by atoms with E-state index < -0.39 is 5.91 Å². The molecule has 1 amide bonds. The van der Waals surface area contributed by atoms with Gasteiger partial charge in [-0.3, -0.25) is 4.79 Å². The maximum Gasteiger partial charge on any atom is 0.267 e. The molecule has 0 radical (unpaired) electrons. The molecular formula is C11H16N4O3. The summed E-state index contributed by atoms with van der Waals surface area (Å²) in [5.74, 6) is -0.0868. The van der Waals surface area contributed by atoms with Crippen LogP contribution in [-0.2, 0) is 4.74 Å². The zero-order valence-corrected chi connectivity index (χ0v) is 9.87. The van der Waals surface area contributed by atoms with E-state index in [1.807, 2.05) is 4.90 Å². The minimum absolute atomic E-state index is 0.0636. The average Bonchev–Trinajstić information content (AvgIpc) is 2.39. The number of carbonyl (C=O) groups excluding carboxylic acids is 1. The molecular weight excluding hydrogens is 236 g/mol. The Morgan fingerprint density at radius 2 is 2.39 bits per heavy atom. The number of nitrogens with two attached hydrogens (primary N) is 2. The number of amides is 1. The van der Waals surface area contributed by atoms with Crippen molar-refractivity contribution >= 4 is 17.4 Å². The normalized spacial score (nSPS) is 19.8. The number of morpholine rings is 1. The van der Waals surface area contributed by atoms with E-state index in [0.29, 0.717) is 31.2 Å². The molecule has 7 heteroatoms. The highest BCUT2D eigenvalue weighted by atomic mass is 16.5. The van der Waals surface area contributed by atoms with Crippen LogP contribution in [-0.4, -0.2) is 48.4 Å². The number of rotatable bonds is 3. The molecule has 1 aromatic heterocycles. The molecule has 1 aromatic rings. The van der Waals surface area contributed by atoms with Crippen LogP contribution in [0.25, 0.3) is 0 Å². The first-order valence-electron chi connectivity index (χ1n) is 5.65. The van der Waals surface area contributed by atoms with Gasteiger partial charge in [-0.25, -0.2) is 4.98 Å². The summed E-state index contributed by atoms with van der Waals surface area (Å²) in [6.07, 6.45) is -0.266. The summed E-state index contributed by atoms with van der Waals surface area (Å²) in [6, 6.07) is 3.09. The first kappa shape index (κ1) is 12.6. The maximum atomic E-state index is 11.1. The second kappa shape index (κ2) is 5.19. The number of primary amides is 1. The molecule has 98 valence electrons. The number of carbonyl (C=O) groups is 1. The first-order valence-corrected chi connectivity index (χ1v) is 5.65. The van der Waals surface area contributed by atoms with Gasteiger partial charge in [-0.1, -0.05) is 0 Å². The third kappa shape index (κ3) is 2.52. The van der Waals surface area contributed by atoms with E-state index >= 15 is 0 Å².